The molecule has 0 aliphatic rings. The van der Waals surface area contributed by atoms with Crippen LogP contribution in [0, 0.1) is 0 Å². The topological polar surface area (TPSA) is 63.4 Å². The first-order chi connectivity index (χ1) is 11.1. The maximum absolute atomic E-state index is 12.9. The number of nitrogens with zero attached hydrogens (tertiary/aromatic N) is 1. The van der Waals surface area contributed by atoms with Gasteiger partial charge in [0, 0.05) is 24.5 Å². The Hall–Kier alpha value is -1.05. The van der Waals surface area contributed by atoms with Crippen LogP contribution in [0.5, 0.6) is 0 Å². The zero-order valence-electron chi connectivity index (χ0n) is 13.6. The van der Waals surface area contributed by atoms with E-state index < -0.39 is 10.0 Å². The maximum Gasteiger partial charge on any atom is 0.243 e. The van der Waals surface area contributed by atoms with E-state index >= 15 is 0 Å². The summed E-state index contributed by atoms with van der Waals surface area (Å²) in [6, 6.07) is 16.9. The summed E-state index contributed by atoms with van der Waals surface area (Å²) in [7, 11) is -3.53. The van der Waals surface area contributed by atoms with Gasteiger partial charge in [-0.25, -0.2) is 8.42 Å². The second kappa shape index (κ2) is 10.1. The predicted molar refractivity (Wildman–Crippen MR) is 103 cm³/mol. The van der Waals surface area contributed by atoms with Crippen LogP contribution in [-0.2, 0) is 16.4 Å². The lowest BCUT2D eigenvalue weighted by Gasteiger charge is -2.22. The molecular formula is C17H23ClN2O2S2. The Morgan fingerprint density at radius 3 is 2.38 bits per heavy atom. The standard InChI is InChI=1S/C17H22N2O2S2.ClH/c1-22-16-8-5-9-17(14-16)23(20,21)19(13-11-18)12-10-15-6-3-2-4-7-15;/h2-9,14H,10-13,18H2,1H3;1H. The molecule has 0 bridgehead atoms. The number of hydrogen-bond donors (Lipinski definition) is 1. The highest BCUT2D eigenvalue weighted by atomic mass is 35.5. The molecule has 0 heterocycles. The first-order valence-corrected chi connectivity index (χ1v) is 10.1. The molecule has 2 aromatic rings. The Balaban J connectivity index is 0.00000288. The highest BCUT2D eigenvalue weighted by Gasteiger charge is 2.23. The van der Waals surface area contributed by atoms with Crippen LogP contribution in [0.25, 0.3) is 0 Å². The molecule has 0 unspecified atom stereocenters. The third-order valence-corrected chi connectivity index (χ3v) is 6.17. The van der Waals surface area contributed by atoms with Crippen molar-refractivity contribution >= 4 is 34.2 Å². The number of hydrogen-bond acceptors (Lipinski definition) is 4. The minimum atomic E-state index is -3.53. The first kappa shape index (κ1) is 21.0. The van der Waals surface area contributed by atoms with E-state index in [2.05, 4.69) is 0 Å². The molecule has 0 amide bonds. The van der Waals surface area contributed by atoms with Gasteiger partial charge in [-0.2, -0.15) is 4.31 Å². The molecule has 2 N–H and O–H groups in total. The molecule has 0 radical (unpaired) electrons. The molecule has 0 atom stereocenters. The Morgan fingerprint density at radius 2 is 1.75 bits per heavy atom. The van der Waals surface area contributed by atoms with Crippen molar-refractivity contribution in [1.82, 2.24) is 4.31 Å². The summed E-state index contributed by atoms with van der Waals surface area (Å²) in [5.41, 5.74) is 6.73. The Kier molecular flexibility index (Phi) is 8.80. The minimum Gasteiger partial charge on any atom is -0.329 e. The third kappa shape index (κ3) is 5.50. The number of nitrogens with two attached hydrogens (primary N) is 1. The average Bonchev–Trinajstić information content (AvgIpc) is 2.59. The van der Waals surface area contributed by atoms with Crippen molar-refractivity contribution < 1.29 is 8.42 Å². The van der Waals surface area contributed by atoms with E-state index in [9.17, 15) is 8.42 Å². The van der Waals surface area contributed by atoms with E-state index in [4.69, 9.17) is 5.73 Å². The molecule has 0 saturated heterocycles. The van der Waals surface area contributed by atoms with Gasteiger partial charge in [0.15, 0.2) is 0 Å². The molecule has 2 rings (SSSR count). The van der Waals surface area contributed by atoms with Gasteiger partial charge in [-0.1, -0.05) is 36.4 Å². The maximum atomic E-state index is 12.9. The normalized spacial score (nSPS) is 11.3. The van der Waals surface area contributed by atoms with Gasteiger partial charge < -0.3 is 5.73 Å². The van der Waals surface area contributed by atoms with E-state index in [1.54, 1.807) is 18.2 Å². The van der Waals surface area contributed by atoms with Gasteiger partial charge in [-0.15, -0.1) is 24.2 Å². The molecule has 0 aromatic heterocycles. The molecule has 132 valence electrons. The van der Waals surface area contributed by atoms with Crippen LogP contribution in [0.4, 0.5) is 0 Å². The lowest BCUT2D eigenvalue weighted by molar-refractivity contribution is 0.421. The summed E-state index contributed by atoms with van der Waals surface area (Å²) >= 11 is 1.53. The second-order valence-corrected chi connectivity index (χ2v) is 7.92. The van der Waals surface area contributed by atoms with Crippen molar-refractivity contribution in [2.45, 2.75) is 16.2 Å². The Labute approximate surface area is 154 Å². The van der Waals surface area contributed by atoms with E-state index in [0.717, 1.165) is 10.5 Å². The summed E-state index contributed by atoms with van der Waals surface area (Å²) in [4.78, 5) is 1.26. The van der Waals surface area contributed by atoms with Crippen LogP contribution in [0.3, 0.4) is 0 Å². The Morgan fingerprint density at radius 1 is 1.04 bits per heavy atom. The van der Waals surface area contributed by atoms with Gasteiger partial charge in [0.25, 0.3) is 0 Å². The molecule has 0 fully saturated rings. The molecule has 2 aromatic carbocycles. The van der Waals surface area contributed by atoms with E-state index in [1.807, 2.05) is 42.7 Å². The summed E-state index contributed by atoms with van der Waals surface area (Å²) in [6.07, 6.45) is 2.60. The van der Waals surface area contributed by atoms with Gasteiger partial charge in [-0.3, -0.25) is 0 Å². The van der Waals surface area contributed by atoms with Gasteiger partial charge in [-0.05, 0) is 36.4 Å². The van der Waals surface area contributed by atoms with Crippen molar-refractivity contribution in [3.05, 3.63) is 60.2 Å². The Bertz CT molecular complexity index is 724. The lowest BCUT2D eigenvalue weighted by Crippen LogP contribution is -2.36. The van der Waals surface area contributed by atoms with Crippen LogP contribution < -0.4 is 5.73 Å². The van der Waals surface area contributed by atoms with Crippen molar-refractivity contribution in [3.8, 4) is 0 Å². The number of benzene rings is 2. The second-order valence-electron chi connectivity index (χ2n) is 5.11. The lowest BCUT2D eigenvalue weighted by atomic mass is 10.1. The van der Waals surface area contributed by atoms with E-state index in [0.29, 0.717) is 31.0 Å². The minimum absolute atomic E-state index is 0. The number of rotatable bonds is 8. The largest absolute Gasteiger partial charge is 0.329 e. The number of halogens is 1. The molecule has 0 aliphatic carbocycles. The SMILES string of the molecule is CSc1cccc(S(=O)(=O)N(CCN)CCc2ccccc2)c1.Cl. The van der Waals surface area contributed by atoms with Crippen LogP contribution in [0.15, 0.2) is 64.4 Å². The van der Waals surface area contributed by atoms with Crippen LogP contribution in [-0.4, -0.2) is 38.6 Å². The summed E-state index contributed by atoms with van der Waals surface area (Å²) < 4.78 is 27.2. The van der Waals surface area contributed by atoms with E-state index in [1.165, 1.54) is 16.1 Å². The molecule has 0 spiro atoms. The first-order valence-electron chi connectivity index (χ1n) is 7.46. The predicted octanol–water partition coefficient (Wildman–Crippen LogP) is 3.02. The summed E-state index contributed by atoms with van der Waals surface area (Å²) in [6.45, 7) is 1.04. The smallest absolute Gasteiger partial charge is 0.243 e. The fourth-order valence-corrected chi connectivity index (χ4v) is 4.34. The molecule has 7 heteroatoms. The summed E-state index contributed by atoms with van der Waals surface area (Å²) in [5.74, 6) is 0. The monoisotopic (exact) mass is 386 g/mol. The zero-order chi connectivity index (χ0) is 16.7. The van der Waals surface area contributed by atoms with Crippen molar-refractivity contribution in [3.63, 3.8) is 0 Å². The number of thioether (sulfide) groups is 1. The zero-order valence-corrected chi connectivity index (χ0v) is 16.0. The highest BCUT2D eigenvalue weighted by molar-refractivity contribution is 7.98. The van der Waals surface area contributed by atoms with Gasteiger partial charge in [0.05, 0.1) is 4.90 Å². The molecule has 0 saturated carbocycles. The summed E-state index contributed by atoms with van der Waals surface area (Å²) in [5, 5.41) is 0. The van der Waals surface area contributed by atoms with Crippen molar-refractivity contribution in [1.29, 1.82) is 0 Å². The molecule has 0 aliphatic heterocycles. The van der Waals surface area contributed by atoms with Crippen LogP contribution in [0.1, 0.15) is 5.56 Å². The average molecular weight is 387 g/mol. The number of sulfonamides is 1. The van der Waals surface area contributed by atoms with Gasteiger partial charge in [0.1, 0.15) is 0 Å². The van der Waals surface area contributed by atoms with Gasteiger partial charge in [0.2, 0.25) is 10.0 Å². The highest BCUT2D eigenvalue weighted by Crippen LogP contribution is 2.22. The van der Waals surface area contributed by atoms with Crippen LogP contribution in [0.2, 0.25) is 0 Å². The van der Waals surface area contributed by atoms with E-state index in [-0.39, 0.29) is 12.4 Å². The van der Waals surface area contributed by atoms with Crippen LogP contribution >= 0.6 is 24.2 Å². The quantitative estimate of drug-likeness (QED) is 0.708. The molecular weight excluding hydrogens is 364 g/mol. The fourth-order valence-electron chi connectivity index (χ4n) is 2.31. The van der Waals surface area contributed by atoms with Gasteiger partial charge >= 0.3 is 0 Å². The van der Waals surface area contributed by atoms with Crippen molar-refractivity contribution in [2.75, 3.05) is 25.9 Å². The molecule has 4 nitrogen and oxygen atoms in total. The fraction of sp³-hybridized carbons (Fsp3) is 0.294. The van der Waals surface area contributed by atoms with Crippen molar-refractivity contribution in [2.24, 2.45) is 5.73 Å². The third-order valence-electron chi connectivity index (χ3n) is 3.55. The molecule has 24 heavy (non-hydrogen) atoms.